The van der Waals surface area contributed by atoms with Gasteiger partial charge in [-0.05, 0) is 0 Å². The van der Waals surface area contributed by atoms with E-state index < -0.39 is 18.2 Å². The Bertz CT molecular complexity index is 1590. The van der Waals surface area contributed by atoms with Crippen LogP contribution < -0.4 is 6.64 Å². The van der Waals surface area contributed by atoms with Crippen LogP contribution in [0.5, 0.6) is 11.5 Å². The van der Waals surface area contributed by atoms with E-state index in [1.54, 1.807) is 0 Å². The van der Waals surface area contributed by atoms with Crippen molar-refractivity contribution in [2.24, 2.45) is 0 Å². The summed E-state index contributed by atoms with van der Waals surface area (Å²) in [6.07, 6.45) is 0. The fourth-order valence-corrected chi connectivity index (χ4v) is 6.26. The van der Waals surface area contributed by atoms with Gasteiger partial charge in [0.2, 0.25) is 0 Å². The van der Waals surface area contributed by atoms with E-state index in [0.717, 1.165) is 49.6 Å². The number of aromatic nitrogens is 1. The van der Waals surface area contributed by atoms with Crippen molar-refractivity contribution in [1.29, 1.82) is 0 Å². The molecule has 0 aliphatic carbocycles. The second-order valence-corrected chi connectivity index (χ2v) is 10.1. The van der Waals surface area contributed by atoms with E-state index in [1.807, 2.05) is 72.8 Å². The van der Waals surface area contributed by atoms with Gasteiger partial charge in [0, 0.05) is 0 Å². The first-order chi connectivity index (χ1) is 16.8. The van der Waals surface area contributed by atoms with E-state index in [2.05, 4.69) is 52.8 Å². The van der Waals surface area contributed by atoms with Crippen LogP contribution in [0.3, 0.4) is 0 Å². The van der Waals surface area contributed by atoms with Crippen LogP contribution in [0.2, 0.25) is 0 Å². The molecule has 0 fully saturated rings. The van der Waals surface area contributed by atoms with E-state index in [-0.39, 0.29) is 24.8 Å². The minimum atomic E-state index is -2.74. The van der Waals surface area contributed by atoms with Gasteiger partial charge in [0.25, 0.3) is 0 Å². The summed E-state index contributed by atoms with van der Waals surface area (Å²) in [6, 6.07) is 41.1. The van der Waals surface area contributed by atoms with Crippen molar-refractivity contribution in [1.82, 2.24) is 4.98 Å². The first-order valence-electron chi connectivity index (χ1n) is 11.2. The van der Waals surface area contributed by atoms with Crippen LogP contribution in [0.4, 0.5) is 0 Å². The van der Waals surface area contributed by atoms with Gasteiger partial charge in [0.05, 0.1) is 0 Å². The van der Waals surface area contributed by atoms with Crippen molar-refractivity contribution in [3.63, 3.8) is 0 Å². The molecule has 6 heteroatoms. The summed E-state index contributed by atoms with van der Waals surface area (Å²) >= 11 is -2.74. The van der Waals surface area contributed by atoms with Gasteiger partial charge in [-0.3, -0.25) is 0 Å². The molecule has 0 spiro atoms. The summed E-state index contributed by atoms with van der Waals surface area (Å²) < 4.78 is 15.4. The van der Waals surface area contributed by atoms with Crippen LogP contribution in [0.1, 0.15) is 5.69 Å². The van der Waals surface area contributed by atoms with Crippen molar-refractivity contribution in [3.05, 3.63) is 127 Å². The molecule has 1 heterocycles. The van der Waals surface area contributed by atoms with Crippen LogP contribution in [0.15, 0.2) is 121 Å². The third kappa shape index (κ3) is 5.45. The second kappa shape index (κ2) is 11.7. The van der Waals surface area contributed by atoms with E-state index in [4.69, 9.17) is 11.6 Å². The predicted octanol–water partition coefficient (Wildman–Crippen LogP) is 8.14. The summed E-state index contributed by atoms with van der Waals surface area (Å²) in [6.45, 7) is 0. The molecule has 0 saturated carbocycles. The monoisotopic (exact) mass is 547 g/mol. The minimum absolute atomic E-state index is 0. The number of para-hydroxylation sites is 1. The number of hydrogen-bond acceptors (Lipinski definition) is 3. The van der Waals surface area contributed by atoms with Crippen LogP contribution in [-0.2, 0) is 18.2 Å². The first-order valence-corrected chi connectivity index (χ1v) is 13.4. The molecule has 0 bridgehead atoms. The van der Waals surface area contributed by atoms with Gasteiger partial charge in [-0.2, -0.15) is 0 Å². The van der Waals surface area contributed by atoms with Gasteiger partial charge < -0.3 is 0 Å². The van der Waals surface area contributed by atoms with Crippen molar-refractivity contribution >= 4 is 61.6 Å². The standard InChI is InChI=1S/C10H7N.2C10H8O.2ClH.Ti/c1-8-6-7-9-4-2-3-5-10(9)11-8;2*11-10-7-3-5-8-4-1-2-6-9(8)10;;;/h1-7H;2*1-7,11H;2*1H;/q;;;;;+2/p-2. The Labute approximate surface area is 228 Å². The molecule has 0 atom stereocenters. The predicted molar refractivity (Wildman–Crippen MR) is 151 cm³/mol. The molecule has 1 aromatic heterocycles. The maximum absolute atomic E-state index is 6.65. The Hall–Kier alpha value is -3.21. The van der Waals surface area contributed by atoms with Crippen molar-refractivity contribution in [3.8, 4) is 11.5 Å². The zero-order valence-corrected chi connectivity index (χ0v) is 22.4. The molecule has 5 aromatic carbocycles. The van der Waals surface area contributed by atoms with Gasteiger partial charge in [0.15, 0.2) is 0 Å². The van der Waals surface area contributed by atoms with Gasteiger partial charge in [-0.15, -0.1) is 24.8 Å². The number of pyridine rings is 1. The molecule has 0 N–H and O–H groups in total. The van der Waals surface area contributed by atoms with Gasteiger partial charge >= 0.3 is 205 Å². The number of benzene rings is 5. The Balaban J connectivity index is 0.00000152. The Morgan fingerprint density at radius 3 is 1.61 bits per heavy atom. The van der Waals surface area contributed by atoms with Gasteiger partial charge in [0.1, 0.15) is 0 Å². The third-order valence-corrected chi connectivity index (χ3v) is 7.95. The fraction of sp³-hybridized carbons (Fsp3) is 0. The number of hydrogen-bond donors (Lipinski definition) is 0. The molecule has 178 valence electrons. The quantitative estimate of drug-likeness (QED) is 0.204. The fourth-order valence-electron chi connectivity index (χ4n) is 4.15. The molecule has 0 saturated heterocycles. The molecule has 0 unspecified atom stereocenters. The molecule has 0 aliphatic rings. The molecular formula is C30H23Cl2NO2Ti. The Kier molecular flexibility index (Phi) is 8.40. The maximum atomic E-state index is 6.65. The molecule has 0 amide bonds. The van der Waals surface area contributed by atoms with E-state index in [1.165, 1.54) is 0 Å². The van der Waals surface area contributed by atoms with Crippen LogP contribution in [0.25, 0.3) is 32.4 Å². The number of halogens is 2. The van der Waals surface area contributed by atoms with Crippen molar-refractivity contribution in [2.45, 2.75) is 0 Å². The Morgan fingerprint density at radius 1 is 0.500 bits per heavy atom. The van der Waals surface area contributed by atoms with Crippen molar-refractivity contribution in [2.75, 3.05) is 0 Å². The molecule has 36 heavy (non-hydrogen) atoms. The van der Waals surface area contributed by atoms with Gasteiger partial charge in [-0.25, -0.2) is 0 Å². The molecular weight excluding hydrogens is 525 g/mol. The summed E-state index contributed by atoms with van der Waals surface area (Å²) in [7, 11) is 0. The normalized spacial score (nSPS) is 10.3. The molecule has 6 aromatic rings. The number of nitrogens with zero attached hydrogens (tertiary/aromatic N) is 1. The van der Waals surface area contributed by atoms with E-state index in [9.17, 15) is 0 Å². The zero-order valence-electron chi connectivity index (χ0n) is 19.2. The molecule has 0 radical (unpaired) electrons. The van der Waals surface area contributed by atoms with E-state index in [0.29, 0.717) is 0 Å². The van der Waals surface area contributed by atoms with Crippen molar-refractivity contribution < 1.29 is 24.8 Å². The van der Waals surface area contributed by atoms with Crippen LogP contribution in [0, 0.1) is 0 Å². The van der Waals surface area contributed by atoms with Crippen LogP contribution in [-0.4, -0.2) is 9.30 Å². The summed E-state index contributed by atoms with van der Waals surface area (Å²) in [5, 5.41) is 5.57. The third-order valence-electron chi connectivity index (χ3n) is 5.81. The number of fused-ring (bicyclic) bond motifs is 3. The SMILES string of the molecule is Cl.Cl.[CH](c1ccc2ccccc2n1)=[Ti]([O]c1cccc2ccccc12)[O]c1cccc2ccccc12. The summed E-state index contributed by atoms with van der Waals surface area (Å²) in [5.41, 5.74) is 1.83. The second-order valence-electron chi connectivity index (χ2n) is 8.05. The summed E-state index contributed by atoms with van der Waals surface area (Å²) in [5.74, 6) is 1.68. The average molecular weight is 548 g/mol. The summed E-state index contributed by atoms with van der Waals surface area (Å²) in [4.78, 5) is 4.85. The van der Waals surface area contributed by atoms with Crippen LogP contribution >= 0.6 is 24.8 Å². The number of rotatable bonds is 5. The van der Waals surface area contributed by atoms with Gasteiger partial charge in [-0.1, -0.05) is 0 Å². The van der Waals surface area contributed by atoms with E-state index >= 15 is 0 Å². The molecule has 0 aliphatic heterocycles. The molecule has 3 nitrogen and oxygen atoms in total. The average Bonchev–Trinajstić information content (AvgIpc) is 2.89. The zero-order chi connectivity index (χ0) is 22.7. The Morgan fingerprint density at radius 2 is 1.00 bits per heavy atom. The molecule has 6 rings (SSSR count). The first kappa shape index (κ1) is 25.9. The topological polar surface area (TPSA) is 31.4 Å².